The summed E-state index contributed by atoms with van der Waals surface area (Å²) >= 11 is 4.99. The molecule has 1 aromatic rings. The zero-order valence-electron chi connectivity index (χ0n) is 8.56. The maximum absolute atomic E-state index is 12.6. The Morgan fingerprint density at radius 2 is 2.00 bits per heavy atom. The average Bonchev–Trinajstić information content (AvgIpc) is 2.25. The topological polar surface area (TPSA) is 56.0 Å². The Morgan fingerprint density at radius 1 is 1.44 bits per heavy atom. The van der Waals surface area contributed by atoms with E-state index in [4.69, 9.17) is 17.3 Å². The minimum Gasteiger partial charge on any atom is -0.325 e. The van der Waals surface area contributed by atoms with E-state index in [9.17, 15) is 26.7 Å². The van der Waals surface area contributed by atoms with Gasteiger partial charge in [0.05, 0.1) is 11.3 Å². The van der Waals surface area contributed by atoms with Crippen LogP contribution in [0.1, 0.15) is 33.7 Å². The lowest BCUT2D eigenvalue weighted by atomic mass is 10.1. The predicted octanol–water partition coefficient (Wildman–Crippen LogP) is 2.88. The summed E-state index contributed by atoms with van der Waals surface area (Å²) < 4.78 is 62.7. The molecule has 0 aromatic carbocycles. The molecule has 0 aliphatic carbocycles. The van der Waals surface area contributed by atoms with Gasteiger partial charge in [0.2, 0.25) is 0 Å². The van der Waals surface area contributed by atoms with Crippen LogP contribution in [0.25, 0.3) is 0 Å². The summed E-state index contributed by atoms with van der Waals surface area (Å²) in [5.74, 6) is 0. The summed E-state index contributed by atoms with van der Waals surface area (Å²) in [7, 11) is 0. The van der Waals surface area contributed by atoms with E-state index in [2.05, 4.69) is 4.98 Å². The molecule has 1 aromatic heterocycles. The van der Waals surface area contributed by atoms with Gasteiger partial charge in [-0.1, -0.05) is 0 Å². The number of hydrogen-bond acceptors (Lipinski definition) is 3. The van der Waals surface area contributed by atoms with Gasteiger partial charge in [-0.05, 0) is 17.7 Å². The number of halogens is 6. The van der Waals surface area contributed by atoms with Gasteiger partial charge >= 0.3 is 6.18 Å². The zero-order valence-corrected chi connectivity index (χ0v) is 9.32. The molecule has 0 amide bonds. The summed E-state index contributed by atoms with van der Waals surface area (Å²) in [6.07, 6.45) is -8.19. The molecular weight excluding hydrogens is 283 g/mol. The highest BCUT2D eigenvalue weighted by Crippen LogP contribution is 2.35. The van der Waals surface area contributed by atoms with Crippen LogP contribution in [0.15, 0.2) is 6.07 Å². The molecule has 2 N–H and O–H groups in total. The molecule has 18 heavy (non-hydrogen) atoms. The largest absolute Gasteiger partial charge is 0.418 e. The SMILES string of the molecule is NCc1nc(C(=O)Cl)c(C(F)F)cc1C(F)(F)F. The van der Waals surface area contributed by atoms with Crippen molar-refractivity contribution in [1.82, 2.24) is 4.98 Å². The third-order valence-electron chi connectivity index (χ3n) is 2.05. The van der Waals surface area contributed by atoms with Crippen molar-refractivity contribution >= 4 is 16.8 Å². The third kappa shape index (κ3) is 2.94. The molecule has 0 fully saturated rings. The monoisotopic (exact) mass is 288 g/mol. The van der Waals surface area contributed by atoms with E-state index in [-0.39, 0.29) is 6.07 Å². The Labute approximate surface area is 103 Å². The van der Waals surface area contributed by atoms with Gasteiger partial charge in [-0.25, -0.2) is 13.8 Å². The van der Waals surface area contributed by atoms with Crippen LogP contribution < -0.4 is 5.73 Å². The van der Waals surface area contributed by atoms with Crippen LogP contribution in [-0.2, 0) is 12.7 Å². The quantitative estimate of drug-likeness (QED) is 0.687. The molecular formula is C9H6ClF5N2O. The number of hydrogen-bond donors (Lipinski definition) is 1. The molecule has 0 unspecified atom stereocenters. The van der Waals surface area contributed by atoms with Crippen molar-refractivity contribution < 1.29 is 26.7 Å². The van der Waals surface area contributed by atoms with Crippen LogP contribution in [0, 0.1) is 0 Å². The smallest absolute Gasteiger partial charge is 0.325 e. The number of nitrogens with zero attached hydrogens (tertiary/aromatic N) is 1. The van der Waals surface area contributed by atoms with Gasteiger partial charge in [-0.15, -0.1) is 0 Å². The standard InChI is InChI=1S/C9H6ClF5N2O/c10-7(18)6-3(8(11)12)1-4(9(13,14)15)5(2-16)17-6/h1,8H,2,16H2. The molecule has 0 atom stereocenters. The van der Waals surface area contributed by atoms with Crippen molar-refractivity contribution in [3.05, 3.63) is 28.6 Å². The Balaban J connectivity index is 3.57. The van der Waals surface area contributed by atoms with Gasteiger partial charge in [0.15, 0.2) is 0 Å². The number of nitrogens with two attached hydrogens (primary N) is 1. The van der Waals surface area contributed by atoms with Crippen molar-refractivity contribution in [3.8, 4) is 0 Å². The normalized spacial score (nSPS) is 12.0. The Bertz CT molecular complexity index is 475. The first-order chi connectivity index (χ1) is 8.18. The summed E-state index contributed by atoms with van der Waals surface area (Å²) in [6, 6.07) is 0.148. The van der Waals surface area contributed by atoms with Gasteiger partial charge in [-0.3, -0.25) is 4.79 Å². The number of carbonyl (C=O) groups is 1. The van der Waals surface area contributed by atoms with E-state index in [1.807, 2.05) is 0 Å². The Morgan fingerprint density at radius 3 is 2.33 bits per heavy atom. The van der Waals surface area contributed by atoms with Crippen molar-refractivity contribution in [2.24, 2.45) is 5.73 Å². The number of rotatable bonds is 3. The lowest BCUT2D eigenvalue weighted by Gasteiger charge is -2.14. The van der Waals surface area contributed by atoms with E-state index in [0.717, 1.165) is 0 Å². The van der Waals surface area contributed by atoms with Crippen LogP contribution in [0.2, 0.25) is 0 Å². The van der Waals surface area contributed by atoms with Gasteiger partial charge < -0.3 is 5.73 Å². The van der Waals surface area contributed by atoms with Crippen LogP contribution in [0.4, 0.5) is 22.0 Å². The van der Waals surface area contributed by atoms with E-state index in [1.54, 1.807) is 0 Å². The molecule has 0 saturated carbocycles. The molecule has 0 aliphatic rings. The maximum atomic E-state index is 12.6. The molecule has 1 heterocycles. The molecule has 0 spiro atoms. The minimum atomic E-state index is -4.89. The summed E-state index contributed by atoms with van der Waals surface area (Å²) in [4.78, 5) is 14.0. The highest BCUT2D eigenvalue weighted by Gasteiger charge is 2.36. The molecule has 0 bridgehead atoms. The first-order valence-electron chi connectivity index (χ1n) is 4.47. The van der Waals surface area contributed by atoms with Gasteiger partial charge in [-0.2, -0.15) is 13.2 Å². The second-order valence-electron chi connectivity index (χ2n) is 3.20. The zero-order chi connectivity index (χ0) is 14.1. The summed E-state index contributed by atoms with van der Waals surface area (Å²) in [5, 5.41) is -1.37. The number of pyridine rings is 1. The van der Waals surface area contributed by atoms with Crippen molar-refractivity contribution in [1.29, 1.82) is 0 Å². The van der Waals surface area contributed by atoms with Gasteiger partial charge in [0.25, 0.3) is 11.7 Å². The van der Waals surface area contributed by atoms with E-state index in [0.29, 0.717) is 0 Å². The van der Waals surface area contributed by atoms with Crippen LogP contribution in [-0.4, -0.2) is 10.2 Å². The molecule has 100 valence electrons. The molecule has 0 radical (unpaired) electrons. The predicted molar refractivity (Wildman–Crippen MR) is 52.3 cm³/mol. The number of alkyl halides is 5. The molecule has 0 saturated heterocycles. The molecule has 1 rings (SSSR count). The molecule has 3 nitrogen and oxygen atoms in total. The fourth-order valence-corrected chi connectivity index (χ4v) is 1.44. The first-order valence-corrected chi connectivity index (χ1v) is 4.85. The molecule has 0 aliphatic heterocycles. The van der Waals surface area contributed by atoms with Gasteiger partial charge in [0, 0.05) is 12.1 Å². The highest BCUT2D eigenvalue weighted by atomic mass is 35.5. The Hall–Kier alpha value is -1.28. The average molecular weight is 289 g/mol. The minimum absolute atomic E-state index is 0.148. The fraction of sp³-hybridized carbons (Fsp3) is 0.333. The lowest BCUT2D eigenvalue weighted by molar-refractivity contribution is -0.138. The third-order valence-corrected chi connectivity index (χ3v) is 2.23. The number of aromatic nitrogens is 1. The van der Waals surface area contributed by atoms with Gasteiger partial charge in [0.1, 0.15) is 5.69 Å². The Kier molecular flexibility index (Phi) is 4.23. The maximum Gasteiger partial charge on any atom is 0.418 e. The fourth-order valence-electron chi connectivity index (χ4n) is 1.29. The molecule has 9 heteroatoms. The van der Waals surface area contributed by atoms with E-state index < -0.39 is 46.9 Å². The highest BCUT2D eigenvalue weighted by molar-refractivity contribution is 6.67. The second-order valence-corrected chi connectivity index (χ2v) is 3.54. The van der Waals surface area contributed by atoms with Crippen molar-refractivity contribution in [2.75, 3.05) is 0 Å². The first kappa shape index (κ1) is 14.8. The summed E-state index contributed by atoms with van der Waals surface area (Å²) in [6.45, 7) is -0.657. The van der Waals surface area contributed by atoms with Crippen LogP contribution in [0.5, 0.6) is 0 Å². The second kappa shape index (κ2) is 5.15. The van der Waals surface area contributed by atoms with Crippen molar-refractivity contribution in [3.63, 3.8) is 0 Å². The van der Waals surface area contributed by atoms with Crippen LogP contribution in [0.3, 0.4) is 0 Å². The van der Waals surface area contributed by atoms with Crippen molar-refractivity contribution in [2.45, 2.75) is 19.1 Å². The van der Waals surface area contributed by atoms with E-state index >= 15 is 0 Å². The van der Waals surface area contributed by atoms with E-state index in [1.165, 1.54) is 0 Å². The number of carbonyl (C=O) groups excluding carboxylic acids is 1. The summed E-state index contributed by atoms with van der Waals surface area (Å²) in [5.41, 5.74) is 0.841. The van der Waals surface area contributed by atoms with Crippen LogP contribution >= 0.6 is 11.6 Å². The lowest BCUT2D eigenvalue weighted by Crippen LogP contribution is -2.17.